The maximum absolute atomic E-state index is 6.46. The van der Waals surface area contributed by atoms with Gasteiger partial charge in [-0.3, -0.25) is 0 Å². The van der Waals surface area contributed by atoms with Crippen LogP contribution in [-0.4, -0.2) is 12.2 Å². The molecule has 88 valence electrons. The van der Waals surface area contributed by atoms with Crippen molar-refractivity contribution in [1.29, 1.82) is 0 Å². The molecule has 1 aromatic rings. The van der Waals surface area contributed by atoms with Gasteiger partial charge >= 0.3 is 0 Å². The molecule has 1 aliphatic heterocycles. The Morgan fingerprint density at radius 1 is 1.38 bits per heavy atom. The molecule has 1 heterocycles. The minimum absolute atomic E-state index is 0.263. The lowest BCUT2D eigenvalue weighted by Crippen LogP contribution is -2.28. The monoisotopic (exact) mass is 278 g/mol. The lowest BCUT2D eigenvalue weighted by atomic mass is 9.93. The molecule has 1 nitrogen and oxygen atoms in total. The van der Waals surface area contributed by atoms with Crippen molar-refractivity contribution in [3.63, 3.8) is 0 Å². The van der Waals surface area contributed by atoms with E-state index in [2.05, 4.69) is 0 Å². The molecular formula is C12H13Cl3O. The maximum Gasteiger partial charge on any atom is 0.0887 e. The van der Waals surface area contributed by atoms with Crippen LogP contribution < -0.4 is 0 Å². The smallest absolute Gasteiger partial charge is 0.0887 e. The van der Waals surface area contributed by atoms with Crippen molar-refractivity contribution in [2.24, 2.45) is 0 Å². The number of rotatable bonds is 2. The van der Waals surface area contributed by atoms with Crippen molar-refractivity contribution in [3.8, 4) is 0 Å². The summed E-state index contributed by atoms with van der Waals surface area (Å²) in [5, 5.41) is 1.02. The van der Waals surface area contributed by atoms with E-state index in [0.29, 0.717) is 10.0 Å². The van der Waals surface area contributed by atoms with Crippen molar-refractivity contribution in [2.45, 2.75) is 30.7 Å². The zero-order chi connectivity index (χ0) is 11.8. The summed E-state index contributed by atoms with van der Waals surface area (Å²) in [6.07, 6.45) is 1.99. The van der Waals surface area contributed by atoms with E-state index in [-0.39, 0.29) is 11.0 Å². The second-order valence-corrected chi connectivity index (χ2v) is 5.57. The molecule has 16 heavy (non-hydrogen) atoms. The summed E-state index contributed by atoms with van der Waals surface area (Å²) in [7, 11) is 0. The first-order valence-electron chi connectivity index (χ1n) is 5.26. The molecule has 0 saturated carbocycles. The fraction of sp³-hybridized carbons (Fsp3) is 0.500. The number of ether oxygens (including phenoxy) is 1. The van der Waals surface area contributed by atoms with Gasteiger partial charge in [-0.25, -0.2) is 0 Å². The Morgan fingerprint density at radius 3 is 2.75 bits per heavy atom. The van der Waals surface area contributed by atoms with Crippen LogP contribution in [0.25, 0.3) is 0 Å². The number of benzene rings is 1. The van der Waals surface area contributed by atoms with Gasteiger partial charge in [0.05, 0.1) is 11.0 Å². The van der Waals surface area contributed by atoms with Crippen LogP contribution in [-0.2, 0) is 4.74 Å². The van der Waals surface area contributed by atoms with Crippen LogP contribution in [0.3, 0.4) is 0 Å². The van der Waals surface area contributed by atoms with Crippen molar-refractivity contribution in [2.75, 3.05) is 6.61 Å². The van der Waals surface area contributed by atoms with Gasteiger partial charge in [0.2, 0.25) is 0 Å². The third kappa shape index (κ3) is 2.33. The van der Waals surface area contributed by atoms with Gasteiger partial charge < -0.3 is 4.74 Å². The van der Waals surface area contributed by atoms with Gasteiger partial charge in [-0.15, -0.1) is 11.6 Å². The Morgan fingerprint density at radius 2 is 2.12 bits per heavy atom. The number of halogens is 3. The van der Waals surface area contributed by atoms with E-state index in [1.807, 2.05) is 13.0 Å². The van der Waals surface area contributed by atoms with Crippen molar-refractivity contribution in [3.05, 3.63) is 33.8 Å². The van der Waals surface area contributed by atoms with Gasteiger partial charge in [-0.1, -0.05) is 23.2 Å². The fourth-order valence-electron chi connectivity index (χ4n) is 2.04. The Balaban J connectivity index is 2.32. The molecule has 0 N–H and O–H groups in total. The summed E-state index contributed by atoms with van der Waals surface area (Å²) in [5.74, 6) is 0. The largest absolute Gasteiger partial charge is 0.373 e. The molecular weight excluding hydrogens is 266 g/mol. The highest BCUT2D eigenvalue weighted by Gasteiger charge is 2.39. The van der Waals surface area contributed by atoms with Crippen LogP contribution in [0, 0.1) is 0 Å². The molecule has 2 atom stereocenters. The predicted molar refractivity (Wildman–Crippen MR) is 68.6 cm³/mol. The van der Waals surface area contributed by atoms with Gasteiger partial charge in [0, 0.05) is 16.7 Å². The van der Waals surface area contributed by atoms with E-state index in [1.165, 1.54) is 0 Å². The Bertz CT molecular complexity index is 386. The molecule has 4 heteroatoms. The fourth-order valence-corrected chi connectivity index (χ4v) is 2.85. The topological polar surface area (TPSA) is 9.23 Å². The zero-order valence-corrected chi connectivity index (χ0v) is 11.2. The van der Waals surface area contributed by atoms with E-state index in [0.717, 1.165) is 25.0 Å². The molecule has 0 spiro atoms. The number of alkyl halides is 1. The Hall–Kier alpha value is 0.0500. The molecule has 0 aromatic heterocycles. The van der Waals surface area contributed by atoms with Gasteiger partial charge in [0.25, 0.3) is 0 Å². The summed E-state index contributed by atoms with van der Waals surface area (Å²) in [5.41, 5.74) is 0.510. The summed E-state index contributed by atoms with van der Waals surface area (Å²) in [6.45, 7) is 2.78. The SMILES string of the molecule is CC1(C(Cl)c2cc(Cl)ccc2Cl)CCCO1. The minimum atomic E-state index is -0.337. The average Bonchev–Trinajstić information content (AvgIpc) is 2.69. The van der Waals surface area contributed by atoms with Crippen molar-refractivity contribution >= 4 is 34.8 Å². The molecule has 0 aliphatic carbocycles. The van der Waals surface area contributed by atoms with E-state index in [1.54, 1.807) is 12.1 Å². The van der Waals surface area contributed by atoms with Gasteiger partial charge in [0.15, 0.2) is 0 Å². The van der Waals surface area contributed by atoms with Crippen molar-refractivity contribution in [1.82, 2.24) is 0 Å². The van der Waals surface area contributed by atoms with Crippen LogP contribution in [0.5, 0.6) is 0 Å². The van der Waals surface area contributed by atoms with Gasteiger partial charge in [0.1, 0.15) is 0 Å². The molecule has 2 unspecified atom stereocenters. The first-order chi connectivity index (χ1) is 7.53. The van der Waals surface area contributed by atoms with Crippen LogP contribution in [0.4, 0.5) is 0 Å². The molecule has 0 amide bonds. The molecule has 1 aromatic carbocycles. The highest BCUT2D eigenvalue weighted by Crippen LogP contribution is 2.44. The lowest BCUT2D eigenvalue weighted by molar-refractivity contribution is 0.0164. The molecule has 1 aliphatic rings. The molecule has 0 radical (unpaired) electrons. The van der Waals surface area contributed by atoms with E-state index in [9.17, 15) is 0 Å². The standard InChI is InChI=1S/C12H13Cl3O/c1-12(5-2-6-16-12)11(15)9-7-8(13)3-4-10(9)14/h3-4,7,11H,2,5-6H2,1H3. The van der Waals surface area contributed by atoms with Crippen molar-refractivity contribution < 1.29 is 4.74 Å². The first kappa shape index (κ1) is 12.5. The Kier molecular flexibility index (Phi) is 3.70. The highest BCUT2D eigenvalue weighted by atomic mass is 35.5. The third-order valence-electron chi connectivity index (χ3n) is 3.02. The molecule has 1 fully saturated rings. The van der Waals surface area contributed by atoms with Crippen LogP contribution >= 0.6 is 34.8 Å². The van der Waals surface area contributed by atoms with Gasteiger partial charge in [-0.05, 0) is 43.5 Å². The zero-order valence-electron chi connectivity index (χ0n) is 8.97. The second kappa shape index (κ2) is 4.73. The average molecular weight is 280 g/mol. The molecule has 1 saturated heterocycles. The van der Waals surface area contributed by atoms with E-state index < -0.39 is 0 Å². The predicted octanol–water partition coefficient (Wildman–Crippen LogP) is 4.84. The summed E-state index contributed by atoms with van der Waals surface area (Å²) in [6, 6.07) is 5.34. The molecule has 2 rings (SSSR count). The number of hydrogen-bond donors (Lipinski definition) is 0. The summed E-state index contributed by atoms with van der Waals surface area (Å²) >= 11 is 18.6. The molecule has 0 bridgehead atoms. The normalized spacial score (nSPS) is 27.0. The van der Waals surface area contributed by atoms with E-state index >= 15 is 0 Å². The van der Waals surface area contributed by atoms with Crippen LogP contribution in [0.15, 0.2) is 18.2 Å². The first-order valence-corrected chi connectivity index (χ1v) is 6.45. The summed E-state index contributed by atoms with van der Waals surface area (Å²) < 4.78 is 5.72. The van der Waals surface area contributed by atoms with Crippen LogP contribution in [0.2, 0.25) is 10.0 Å². The summed E-state index contributed by atoms with van der Waals surface area (Å²) in [4.78, 5) is 0. The minimum Gasteiger partial charge on any atom is -0.373 e. The highest BCUT2D eigenvalue weighted by molar-refractivity contribution is 6.34. The third-order valence-corrected chi connectivity index (χ3v) is 4.29. The second-order valence-electron chi connectivity index (χ2n) is 4.29. The quantitative estimate of drug-likeness (QED) is 0.704. The van der Waals surface area contributed by atoms with Crippen LogP contribution in [0.1, 0.15) is 30.7 Å². The number of hydrogen-bond acceptors (Lipinski definition) is 1. The lowest BCUT2D eigenvalue weighted by Gasteiger charge is -2.29. The van der Waals surface area contributed by atoms with Gasteiger partial charge in [-0.2, -0.15) is 0 Å². The maximum atomic E-state index is 6.46. The Labute approximate surface area is 111 Å². The van der Waals surface area contributed by atoms with E-state index in [4.69, 9.17) is 39.5 Å².